The van der Waals surface area contributed by atoms with Gasteiger partial charge in [0.05, 0.1) is 11.9 Å². The third kappa shape index (κ3) is 13.6. The summed E-state index contributed by atoms with van der Waals surface area (Å²) >= 11 is 2.72. The number of thioether (sulfide) groups is 2. The first kappa shape index (κ1) is 14.6. The van der Waals surface area contributed by atoms with Gasteiger partial charge in [-0.05, 0) is 0 Å². The van der Waals surface area contributed by atoms with Crippen molar-refractivity contribution in [3.05, 3.63) is 0 Å². The molecular formula is C8H14O5S2. The maximum Gasteiger partial charge on any atom is 0.303 e. The van der Waals surface area contributed by atoms with Gasteiger partial charge in [0, 0.05) is 13.8 Å². The second kappa shape index (κ2) is 10.1. The number of carbonyl (C=O) groups excluding carboxylic acids is 2. The van der Waals surface area contributed by atoms with Gasteiger partial charge in [-0.3, -0.25) is 9.59 Å². The van der Waals surface area contributed by atoms with Crippen LogP contribution in [0.5, 0.6) is 0 Å². The van der Waals surface area contributed by atoms with Crippen molar-refractivity contribution in [1.29, 1.82) is 0 Å². The van der Waals surface area contributed by atoms with Gasteiger partial charge in [-0.1, -0.05) is 23.5 Å². The van der Waals surface area contributed by atoms with Crippen molar-refractivity contribution < 1.29 is 23.8 Å². The Morgan fingerprint density at radius 1 is 0.867 bits per heavy atom. The minimum absolute atomic E-state index is 0.296. The Hall–Kier alpha value is -0.400. The molecule has 0 N–H and O–H groups in total. The number of esters is 2. The molecule has 0 spiro atoms. The molecule has 0 saturated carbocycles. The summed E-state index contributed by atoms with van der Waals surface area (Å²) in [6, 6.07) is 0. The van der Waals surface area contributed by atoms with E-state index in [1.54, 1.807) is 0 Å². The van der Waals surface area contributed by atoms with Crippen molar-refractivity contribution in [1.82, 2.24) is 0 Å². The van der Waals surface area contributed by atoms with Gasteiger partial charge in [-0.2, -0.15) is 0 Å². The lowest BCUT2D eigenvalue weighted by Crippen LogP contribution is -2.01. The van der Waals surface area contributed by atoms with Crippen LogP contribution in [0.4, 0.5) is 0 Å². The van der Waals surface area contributed by atoms with Crippen LogP contribution in [0.25, 0.3) is 0 Å². The van der Waals surface area contributed by atoms with Gasteiger partial charge in [0.25, 0.3) is 0 Å². The number of hydrogen-bond acceptors (Lipinski definition) is 7. The van der Waals surface area contributed by atoms with E-state index in [9.17, 15) is 9.59 Å². The van der Waals surface area contributed by atoms with Gasteiger partial charge in [0.2, 0.25) is 0 Å². The van der Waals surface area contributed by atoms with Gasteiger partial charge in [0.1, 0.15) is 11.9 Å². The molecule has 0 saturated heterocycles. The molecule has 0 atom stereocenters. The highest BCUT2D eigenvalue weighted by molar-refractivity contribution is 7.99. The summed E-state index contributed by atoms with van der Waals surface area (Å²) in [6.45, 7) is 2.72. The molecule has 0 aliphatic heterocycles. The predicted molar refractivity (Wildman–Crippen MR) is 59.3 cm³/mol. The summed E-state index contributed by atoms with van der Waals surface area (Å²) in [5, 5.41) is 0. The van der Waals surface area contributed by atoms with E-state index >= 15 is 0 Å². The quantitative estimate of drug-likeness (QED) is 0.369. The zero-order chi connectivity index (χ0) is 11.5. The van der Waals surface area contributed by atoms with Crippen LogP contribution >= 0.6 is 23.5 Å². The third-order valence-electron chi connectivity index (χ3n) is 1.02. The van der Waals surface area contributed by atoms with E-state index in [0.717, 1.165) is 0 Å². The Morgan fingerprint density at radius 3 is 1.60 bits per heavy atom. The first-order chi connectivity index (χ1) is 7.13. The predicted octanol–water partition coefficient (Wildman–Crippen LogP) is 1.43. The molecule has 0 aromatic carbocycles. The standard InChI is InChI=1S/C8H14O5S2/c1-7(9)12-5-14-3-11-4-15-6-13-8(2)10/h3-6H2,1-2H3. The number of hydrogen-bond donors (Lipinski definition) is 0. The summed E-state index contributed by atoms with van der Waals surface area (Å²) in [5.41, 5.74) is 0. The Labute approximate surface area is 97.2 Å². The Bertz CT molecular complexity index is 177. The van der Waals surface area contributed by atoms with Crippen molar-refractivity contribution in [2.75, 3.05) is 23.8 Å². The smallest absolute Gasteiger partial charge is 0.303 e. The number of ether oxygens (including phenoxy) is 3. The molecule has 88 valence electrons. The van der Waals surface area contributed by atoms with Crippen LogP contribution in [0.2, 0.25) is 0 Å². The van der Waals surface area contributed by atoms with E-state index in [1.807, 2.05) is 0 Å². The molecule has 0 unspecified atom stereocenters. The molecule has 0 radical (unpaired) electrons. The summed E-state index contributed by atoms with van der Waals surface area (Å²) in [4.78, 5) is 20.7. The topological polar surface area (TPSA) is 61.8 Å². The SMILES string of the molecule is CC(=O)OCSCOCSCOC(C)=O. The van der Waals surface area contributed by atoms with Crippen molar-refractivity contribution in [3.8, 4) is 0 Å². The van der Waals surface area contributed by atoms with Crippen LogP contribution in [0, 0.1) is 0 Å². The van der Waals surface area contributed by atoms with Gasteiger partial charge in [-0.15, -0.1) is 0 Å². The molecule has 0 heterocycles. The van der Waals surface area contributed by atoms with Crippen LogP contribution in [-0.4, -0.2) is 35.7 Å². The van der Waals surface area contributed by atoms with E-state index in [1.165, 1.54) is 37.4 Å². The van der Waals surface area contributed by atoms with Crippen LogP contribution < -0.4 is 0 Å². The van der Waals surface area contributed by atoms with Gasteiger partial charge >= 0.3 is 11.9 Å². The highest BCUT2D eigenvalue weighted by atomic mass is 32.2. The van der Waals surface area contributed by atoms with Gasteiger partial charge < -0.3 is 14.2 Å². The van der Waals surface area contributed by atoms with Crippen LogP contribution in [-0.2, 0) is 23.8 Å². The molecule has 0 amide bonds. The molecule has 0 aromatic heterocycles. The van der Waals surface area contributed by atoms with Crippen LogP contribution in [0.1, 0.15) is 13.8 Å². The van der Waals surface area contributed by atoms with E-state index in [4.69, 9.17) is 4.74 Å². The van der Waals surface area contributed by atoms with E-state index in [-0.39, 0.29) is 11.9 Å². The second-order valence-corrected chi connectivity index (χ2v) is 4.11. The summed E-state index contributed by atoms with van der Waals surface area (Å²) < 4.78 is 14.5. The fourth-order valence-corrected chi connectivity index (χ4v) is 1.61. The van der Waals surface area contributed by atoms with E-state index in [2.05, 4.69) is 9.47 Å². The fraction of sp³-hybridized carbons (Fsp3) is 0.750. The van der Waals surface area contributed by atoms with Crippen LogP contribution in [0.3, 0.4) is 0 Å². The average molecular weight is 254 g/mol. The summed E-state index contributed by atoms with van der Waals surface area (Å²) in [5.74, 6) is 0.882. The lowest BCUT2D eigenvalue weighted by molar-refractivity contribution is -0.139. The molecule has 0 fully saturated rings. The molecule has 0 bridgehead atoms. The number of rotatable bonds is 8. The fourth-order valence-electron chi connectivity index (χ4n) is 0.469. The third-order valence-corrected chi connectivity index (χ3v) is 2.26. The lowest BCUT2D eigenvalue weighted by atomic mass is 10.8. The zero-order valence-corrected chi connectivity index (χ0v) is 10.3. The minimum Gasteiger partial charge on any atom is -0.455 e. The van der Waals surface area contributed by atoms with Gasteiger partial charge in [0.15, 0.2) is 0 Å². The molecule has 0 aromatic rings. The van der Waals surface area contributed by atoms with Crippen molar-refractivity contribution in [3.63, 3.8) is 0 Å². The largest absolute Gasteiger partial charge is 0.455 e. The zero-order valence-electron chi connectivity index (χ0n) is 8.69. The first-order valence-corrected chi connectivity index (χ1v) is 6.44. The maximum absolute atomic E-state index is 10.4. The second-order valence-electron chi connectivity index (χ2n) is 2.36. The monoisotopic (exact) mass is 254 g/mol. The molecule has 0 rings (SSSR count). The molecule has 0 aliphatic carbocycles. The highest BCUT2D eigenvalue weighted by Gasteiger charge is 1.95. The Kier molecular flexibility index (Phi) is 9.86. The lowest BCUT2D eigenvalue weighted by Gasteiger charge is -2.04. The van der Waals surface area contributed by atoms with E-state index < -0.39 is 0 Å². The Balaban J connectivity index is 2.99. The van der Waals surface area contributed by atoms with Crippen molar-refractivity contribution in [2.45, 2.75) is 13.8 Å². The number of carbonyl (C=O) groups is 2. The molecule has 5 nitrogen and oxygen atoms in total. The highest BCUT2D eigenvalue weighted by Crippen LogP contribution is 2.06. The Morgan fingerprint density at radius 2 is 1.27 bits per heavy atom. The van der Waals surface area contributed by atoms with Crippen molar-refractivity contribution >= 4 is 35.5 Å². The van der Waals surface area contributed by atoms with E-state index in [0.29, 0.717) is 23.8 Å². The van der Waals surface area contributed by atoms with Gasteiger partial charge in [-0.25, -0.2) is 0 Å². The average Bonchev–Trinajstić information content (AvgIpc) is 2.14. The molecule has 0 aliphatic rings. The molecule has 15 heavy (non-hydrogen) atoms. The maximum atomic E-state index is 10.4. The van der Waals surface area contributed by atoms with Crippen molar-refractivity contribution in [2.24, 2.45) is 0 Å². The molecular weight excluding hydrogens is 240 g/mol. The summed E-state index contributed by atoms with van der Waals surface area (Å²) in [6.07, 6.45) is 0. The summed E-state index contributed by atoms with van der Waals surface area (Å²) in [7, 11) is 0. The minimum atomic E-state index is -0.299. The van der Waals surface area contributed by atoms with Crippen LogP contribution in [0.15, 0.2) is 0 Å². The molecule has 7 heteroatoms. The normalized spacial score (nSPS) is 9.73. The first-order valence-electron chi connectivity index (χ1n) is 4.13.